The molecule has 1 aliphatic carbocycles. The number of esters is 1. The number of nitrogens with zero attached hydrogens (tertiary/aromatic N) is 2. The Morgan fingerprint density at radius 3 is 2.18 bits per heavy atom. The van der Waals surface area contributed by atoms with Crippen LogP contribution >= 0.6 is 0 Å². The molecule has 0 amide bonds. The van der Waals surface area contributed by atoms with E-state index in [1.54, 1.807) is 0 Å². The van der Waals surface area contributed by atoms with Gasteiger partial charge in [0.2, 0.25) is 0 Å². The Morgan fingerprint density at radius 2 is 1.71 bits per heavy atom. The highest BCUT2D eigenvalue weighted by molar-refractivity contribution is 5.76. The van der Waals surface area contributed by atoms with Gasteiger partial charge in [0.25, 0.3) is 0 Å². The summed E-state index contributed by atoms with van der Waals surface area (Å²) in [5.74, 6) is -0.260. The molecule has 0 N–H and O–H groups in total. The zero-order valence-electron chi connectivity index (χ0n) is 11.4. The highest BCUT2D eigenvalue weighted by atomic mass is 16.5. The molecule has 17 heavy (non-hydrogen) atoms. The molecule has 0 saturated heterocycles. The van der Waals surface area contributed by atoms with Crippen LogP contribution < -0.4 is 0 Å². The molecule has 1 aliphatic heterocycles. The lowest BCUT2D eigenvalue weighted by Crippen LogP contribution is -2.47. The molecule has 4 heteroatoms. The molecule has 96 valence electrons. The SMILES string of the molecule is COC(=O)C1CC2(N=N1)C(C)(C)CCC2(C)C. The number of ether oxygens (including phenoxy) is 1. The van der Waals surface area contributed by atoms with Crippen LogP contribution in [0, 0.1) is 10.8 Å². The van der Waals surface area contributed by atoms with Gasteiger partial charge in [-0.2, -0.15) is 10.2 Å². The van der Waals surface area contributed by atoms with E-state index in [-0.39, 0.29) is 22.3 Å². The zero-order chi connectivity index (χ0) is 12.9. The third-order valence-electron chi connectivity index (χ3n) is 4.94. The molecular weight excluding hydrogens is 216 g/mol. The van der Waals surface area contributed by atoms with Crippen molar-refractivity contribution >= 4 is 5.97 Å². The van der Waals surface area contributed by atoms with E-state index >= 15 is 0 Å². The number of carbonyl (C=O) groups is 1. The second kappa shape index (κ2) is 3.53. The molecule has 1 fully saturated rings. The summed E-state index contributed by atoms with van der Waals surface area (Å²) in [6.45, 7) is 8.95. The molecule has 0 bridgehead atoms. The van der Waals surface area contributed by atoms with Crippen molar-refractivity contribution in [2.45, 2.75) is 58.5 Å². The van der Waals surface area contributed by atoms with Gasteiger partial charge in [-0.1, -0.05) is 27.7 Å². The summed E-state index contributed by atoms with van der Waals surface area (Å²) in [4.78, 5) is 11.6. The molecule has 4 nitrogen and oxygen atoms in total. The van der Waals surface area contributed by atoms with E-state index in [9.17, 15) is 4.79 Å². The molecule has 1 spiro atoms. The molecule has 1 unspecified atom stereocenters. The van der Waals surface area contributed by atoms with Crippen LogP contribution in [0.3, 0.4) is 0 Å². The van der Waals surface area contributed by atoms with Gasteiger partial charge in [0.15, 0.2) is 6.04 Å². The number of carbonyl (C=O) groups excluding carboxylic acids is 1. The van der Waals surface area contributed by atoms with E-state index in [0.29, 0.717) is 6.42 Å². The van der Waals surface area contributed by atoms with Crippen molar-refractivity contribution in [1.29, 1.82) is 0 Å². The van der Waals surface area contributed by atoms with Gasteiger partial charge in [-0.05, 0) is 23.7 Å². The fourth-order valence-corrected chi connectivity index (χ4v) is 3.57. The normalized spacial score (nSPS) is 31.9. The fourth-order valence-electron chi connectivity index (χ4n) is 3.57. The smallest absolute Gasteiger partial charge is 0.332 e. The van der Waals surface area contributed by atoms with Crippen molar-refractivity contribution in [3.8, 4) is 0 Å². The Kier molecular flexibility index (Phi) is 2.60. The topological polar surface area (TPSA) is 51.0 Å². The van der Waals surface area contributed by atoms with Gasteiger partial charge in [0, 0.05) is 6.42 Å². The van der Waals surface area contributed by atoms with Gasteiger partial charge in [0.1, 0.15) is 0 Å². The van der Waals surface area contributed by atoms with E-state index in [1.165, 1.54) is 7.11 Å². The summed E-state index contributed by atoms with van der Waals surface area (Å²) < 4.78 is 4.78. The van der Waals surface area contributed by atoms with Crippen molar-refractivity contribution in [2.24, 2.45) is 21.1 Å². The maximum atomic E-state index is 11.6. The van der Waals surface area contributed by atoms with Crippen LogP contribution in [0.25, 0.3) is 0 Å². The van der Waals surface area contributed by atoms with Crippen molar-refractivity contribution in [2.75, 3.05) is 7.11 Å². The van der Waals surface area contributed by atoms with E-state index < -0.39 is 6.04 Å². The number of hydrogen-bond acceptors (Lipinski definition) is 4. The van der Waals surface area contributed by atoms with E-state index in [2.05, 4.69) is 37.9 Å². The molecule has 2 rings (SSSR count). The largest absolute Gasteiger partial charge is 0.467 e. The van der Waals surface area contributed by atoms with E-state index in [4.69, 9.17) is 4.74 Å². The fraction of sp³-hybridized carbons (Fsp3) is 0.923. The summed E-state index contributed by atoms with van der Waals surface area (Å²) in [5, 5.41) is 8.73. The summed E-state index contributed by atoms with van der Waals surface area (Å²) in [5.41, 5.74) is -0.00952. The quantitative estimate of drug-likeness (QED) is 0.659. The van der Waals surface area contributed by atoms with Crippen molar-refractivity contribution in [3.05, 3.63) is 0 Å². The number of hydrogen-bond donors (Lipinski definition) is 0. The molecular formula is C13H22N2O2. The molecule has 2 aliphatic rings. The number of rotatable bonds is 1. The van der Waals surface area contributed by atoms with Gasteiger partial charge in [-0.3, -0.25) is 0 Å². The van der Waals surface area contributed by atoms with Crippen molar-refractivity contribution in [1.82, 2.24) is 0 Å². The Morgan fingerprint density at radius 1 is 1.18 bits per heavy atom. The Bertz CT molecular complexity index is 356. The average Bonchev–Trinajstić information content (AvgIpc) is 2.78. The van der Waals surface area contributed by atoms with Crippen LogP contribution in [0.5, 0.6) is 0 Å². The highest BCUT2D eigenvalue weighted by Gasteiger charge is 2.63. The van der Waals surface area contributed by atoms with Crippen LogP contribution in [0.1, 0.15) is 47.0 Å². The van der Waals surface area contributed by atoms with Gasteiger partial charge in [-0.25, -0.2) is 4.79 Å². The van der Waals surface area contributed by atoms with Crippen LogP contribution in [0.2, 0.25) is 0 Å². The van der Waals surface area contributed by atoms with Gasteiger partial charge < -0.3 is 4.74 Å². The lowest BCUT2D eigenvalue weighted by atomic mass is 9.63. The van der Waals surface area contributed by atoms with E-state index in [0.717, 1.165) is 12.8 Å². The van der Waals surface area contributed by atoms with Gasteiger partial charge in [-0.15, -0.1) is 0 Å². The number of azo groups is 1. The molecule has 0 aromatic heterocycles. The Hall–Kier alpha value is -0.930. The molecule has 1 saturated carbocycles. The first-order valence-electron chi connectivity index (χ1n) is 6.26. The maximum Gasteiger partial charge on any atom is 0.332 e. The van der Waals surface area contributed by atoms with Crippen LogP contribution in [0.15, 0.2) is 10.2 Å². The third kappa shape index (κ3) is 1.53. The summed E-state index contributed by atoms with van der Waals surface area (Å²) in [6.07, 6.45) is 2.96. The lowest BCUT2D eigenvalue weighted by Gasteiger charge is -2.43. The first-order valence-corrected chi connectivity index (χ1v) is 6.26. The highest BCUT2D eigenvalue weighted by Crippen LogP contribution is 2.62. The molecule has 0 aromatic rings. The van der Waals surface area contributed by atoms with Crippen LogP contribution in [-0.4, -0.2) is 24.7 Å². The molecule has 1 heterocycles. The molecule has 1 atom stereocenters. The van der Waals surface area contributed by atoms with Gasteiger partial charge >= 0.3 is 5.97 Å². The third-order valence-corrected chi connectivity index (χ3v) is 4.94. The Balaban J connectivity index is 2.33. The van der Waals surface area contributed by atoms with Crippen molar-refractivity contribution < 1.29 is 9.53 Å². The minimum absolute atomic E-state index is 0.1000. The average molecular weight is 238 g/mol. The predicted octanol–water partition coefficient (Wildman–Crippen LogP) is 2.97. The zero-order valence-corrected chi connectivity index (χ0v) is 11.4. The van der Waals surface area contributed by atoms with Crippen molar-refractivity contribution in [3.63, 3.8) is 0 Å². The minimum atomic E-state index is -0.406. The first-order chi connectivity index (χ1) is 7.76. The second-order valence-electron chi connectivity index (χ2n) is 6.59. The number of methoxy groups -OCH3 is 1. The summed E-state index contributed by atoms with van der Waals surface area (Å²) in [6, 6.07) is -0.406. The molecule has 0 radical (unpaired) electrons. The summed E-state index contributed by atoms with van der Waals surface area (Å²) in [7, 11) is 1.41. The minimum Gasteiger partial charge on any atom is -0.467 e. The lowest BCUT2D eigenvalue weighted by molar-refractivity contribution is -0.142. The maximum absolute atomic E-state index is 11.6. The van der Waals surface area contributed by atoms with Gasteiger partial charge in [0.05, 0.1) is 12.6 Å². The Labute approximate surface area is 103 Å². The first kappa shape index (κ1) is 12.5. The molecule has 0 aromatic carbocycles. The predicted molar refractivity (Wildman–Crippen MR) is 64.8 cm³/mol. The summed E-state index contributed by atoms with van der Waals surface area (Å²) >= 11 is 0. The monoisotopic (exact) mass is 238 g/mol. The van der Waals surface area contributed by atoms with Crippen LogP contribution in [-0.2, 0) is 9.53 Å². The second-order valence-corrected chi connectivity index (χ2v) is 6.59. The van der Waals surface area contributed by atoms with E-state index in [1.807, 2.05) is 0 Å². The standard InChI is InChI=1S/C13H22N2O2/c1-11(2)6-7-12(3,4)13(11)8-9(14-15-13)10(16)17-5/h9H,6-8H2,1-5H3. The van der Waals surface area contributed by atoms with Crippen LogP contribution in [0.4, 0.5) is 0 Å².